The van der Waals surface area contributed by atoms with Crippen LogP contribution in [0.25, 0.3) is 5.70 Å². The van der Waals surface area contributed by atoms with Gasteiger partial charge in [0.2, 0.25) is 6.86 Å². The number of halogens is 1. The number of aryl methyl sites for hydroxylation is 1. The number of anilines is 1. The molecule has 2 fully saturated rings. The predicted octanol–water partition coefficient (Wildman–Crippen LogP) is 3.44. The summed E-state index contributed by atoms with van der Waals surface area (Å²) in [5.74, 6) is 0.830. The van der Waals surface area contributed by atoms with Gasteiger partial charge in [-0.2, -0.15) is 0 Å². The van der Waals surface area contributed by atoms with Crippen LogP contribution in [0, 0.1) is 12.8 Å². The first-order chi connectivity index (χ1) is 12.9. The van der Waals surface area contributed by atoms with Gasteiger partial charge in [-0.1, -0.05) is 13.0 Å². The van der Waals surface area contributed by atoms with Gasteiger partial charge in [0.25, 0.3) is 0 Å². The molecule has 2 saturated heterocycles. The Morgan fingerprint density at radius 2 is 2.07 bits per heavy atom. The molecule has 0 aliphatic carbocycles. The van der Waals surface area contributed by atoms with Crippen LogP contribution in [-0.4, -0.2) is 29.9 Å². The van der Waals surface area contributed by atoms with Crippen molar-refractivity contribution >= 4 is 17.4 Å². The molecule has 3 rings (SSSR count). The summed E-state index contributed by atoms with van der Waals surface area (Å²) in [7, 11) is 0. The maximum absolute atomic E-state index is 12.7. The summed E-state index contributed by atoms with van der Waals surface area (Å²) < 4.78 is 17.1. The number of benzene rings is 1. The first kappa shape index (κ1) is 19.1. The van der Waals surface area contributed by atoms with E-state index in [1.807, 2.05) is 24.0 Å². The molecular formula is C20H27FN4O2. The van der Waals surface area contributed by atoms with E-state index in [0.29, 0.717) is 29.4 Å². The molecule has 2 aliphatic rings. The molecule has 1 aromatic carbocycles. The van der Waals surface area contributed by atoms with Crippen molar-refractivity contribution in [3.05, 3.63) is 47.4 Å². The Bertz CT molecular complexity index is 765. The van der Waals surface area contributed by atoms with E-state index in [1.54, 1.807) is 6.07 Å². The lowest BCUT2D eigenvalue weighted by atomic mass is 9.74. The minimum absolute atomic E-state index is 0.0659. The van der Waals surface area contributed by atoms with Gasteiger partial charge in [0.05, 0.1) is 0 Å². The van der Waals surface area contributed by atoms with Gasteiger partial charge in [0.1, 0.15) is 5.76 Å². The van der Waals surface area contributed by atoms with E-state index in [-0.39, 0.29) is 11.8 Å². The molecule has 7 heteroatoms. The number of alkyl halides is 1. The molecule has 6 nitrogen and oxygen atoms in total. The van der Waals surface area contributed by atoms with Crippen molar-refractivity contribution in [1.82, 2.24) is 4.90 Å². The summed E-state index contributed by atoms with van der Waals surface area (Å²) in [5, 5.41) is 2.98. The first-order valence-electron chi connectivity index (χ1n) is 9.21. The third-order valence-corrected chi connectivity index (χ3v) is 5.40. The van der Waals surface area contributed by atoms with Crippen molar-refractivity contribution in [3.63, 3.8) is 0 Å². The van der Waals surface area contributed by atoms with E-state index in [1.165, 1.54) is 6.08 Å². The fourth-order valence-corrected chi connectivity index (χ4v) is 4.11. The molecule has 3 atom stereocenters. The van der Waals surface area contributed by atoms with Crippen LogP contribution in [0.3, 0.4) is 0 Å². The standard InChI is InChI=1S/C20H27FN4O2/c1-12-5-15-8-16(6-12)25(15)20(26)24-14-4-3-13(2)18(7-14)19(23)9-17(10-22)27-11-21/h3-4,7,9-10,12,15-16H,5-6,8,11,22-23H2,1-2H3,(H,24,26)/b17-10+,19-9-/t12?,15-,16+. The molecule has 1 aromatic rings. The number of urea groups is 1. The first-order valence-corrected chi connectivity index (χ1v) is 9.21. The molecule has 146 valence electrons. The second-order valence-electron chi connectivity index (χ2n) is 7.41. The van der Waals surface area contributed by atoms with E-state index in [4.69, 9.17) is 16.2 Å². The average molecular weight is 374 g/mol. The zero-order valence-corrected chi connectivity index (χ0v) is 15.7. The molecule has 0 saturated carbocycles. The number of piperidine rings is 1. The largest absolute Gasteiger partial charge is 0.461 e. The smallest absolute Gasteiger partial charge is 0.322 e. The Morgan fingerprint density at radius 3 is 2.70 bits per heavy atom. The highest BCUT2D eigenvalue weighted by Crippen LogP contribution is 2.41. The van der Waals surface area contributed by atoms with Crippen LogP contribution < -0.4 is 16.8 Å². The number of carbonyl (C=O) groups excluding carboxylic acids is 1. The van der Waals surface area contributed by atoms with Crippen LogP contribution in [0.1, 0.15) is 37.3 Å². The van der Waals surface area contributed by atoms with Gasteiger partial charge < -0.3 is 26.4 Å². The van der Waals surface area contributed by atoms with Crippen LogP contribution in [0.4, 0.5) is 14.9 Å². The lowest BCUT2D eigenvalue weighted by Gasteiger charge is -2.54. The Hall–Kier alpha value is -2.70. The number of hydrogen-bond acceptors (Lipinski definition) is 4. The van der Waals surface area contributed by atoms with Gasteiger partial charge in [0, 0.05) is 41.3 Å². The number of carbonyl (C=O) groups is 1. The second kappa shape index (κ2) is 7.90. The van der Waals surface area contributed by atoms with Gasteiger partial charge in [0.15, 0.2) is 0 Å². The second-order valence-corrected chi connectivity index (χ2v) is 7.41. The SMILES string of the molecule is Cc1ccc(NC(=O)N2[C@@H]3CC(C)C[C@H]2C3)cc1/C(N)=C/C(=C\N)OCF. The number of fused-ring (bicyclic) bond motifs is 2. The maximum Gasteiger partial charge on any atom is 0.322 e. The van der Waals surface area contributed by atoms with Crippen LogP contribution in [0.15, 0.2) is 36.2 Å². The summed E-state index contributed by atoms with van der Waals surface area (Å²) in [6.07, 6.45) is 5.87. The van der Waals surface area contributed by atoms with Gasteiger partial charge in [-0.25, -0.2) is 9.18 Å². The molecule has 2 bridgehead atoms. The maximum atomic E-state index is 12.7. The summed E-state index contributed by atoms with van der Waals surface area (Å²) in [4.78, 5) is 14.6. The zero-order chi connectivity index (χ0) is 19.6. The van der Waals surface area contributed by atoms with E-state index >= 15 is 0 Å². The summed E-state index contributed by atoms with van der Waals surface area (Å²) >= 11 is 0. The van der Waals surface area contributed by atoms with Gasteiger partial charge in [-0.15, -0.1) is 0 Å². The Morgan fingerprint density at radius 1 is 1.37 bits per heavy atom. The number of nitrogens with two attached hydrogens (primary N) is 2. The molecule has 1 unspecified atom stereocenters. The summed E-state index contributed by atoms with van der Waals surface area (Å²) in [6.45, 7) is 3.16. The minimum atomic E-state index is -0.987. The molecule has 2 heterocycles. The lowest BCUT2D eigenvalue weighted by molar-refractivity contribution is -0.00601. The third kappa shape index (κ3) is 4.02. The number of amides is 2. The molecule has 5 N–H and O–H groups in total. The fraction of sp³-hybridized carbons (Fsp3) is 0.450. The Kier molecular flexibility index (Phi) is 5.58. The number of rotatable bonds is 5. The van der Waals surface area contributed by atoms with Crippen molar-refractivity contribution < 1.29 is 13.9 Å². The zero-order valence-electron chi connectivity index (χ0n) is 15.7. The molecule has 0 spiro atoms. The summed E-state index contributed by atoms with van der Waals surface area (Å²) in [5.41, 5.74) is 14.2. The van der Waals surface area contributed by atoms with Gasteiger partial charge in [-0.3, -0.25) is 0 Å². The highest BCUT2D eigenvalue weighted by molar-refractivity contribution is 5.91. The quantitative estimate of drug-likeness (QED) is 0.544. The number of nitrogens with zero attached hydrogens (tertiary/aromatic N) is 1. The van der Waals surface area contributed by atoms with Crippen molar-refractivity contribution in [2.24, 2.45) is 17.4 Å². The third-order valence-electron chi connectivity index (χ3n) is 5.40. The molecule has 2 aliphatic heterocycles. The van der Waals surface area contributed by atoms with Crippen molar-refractivity contribution in [3.8, 4) is 0 Å². The number of hydrogen-bond donors (Lipinski definition) is 3. The van der Waals surface area contributed by atoms with Gasteiger partial charge >= 0.3 is 6.03 Å². The molecule has 0 aromatic heterocycles. The lowest BCUT2D eigenvalue weighted by Crippen LogP contribution is -2.63. The molecule has 2 amide bonds. The average Bonchev–Trinajstić information content (AvgIpc) is 2.62. The predicted molar refractivity (Wildman–Crippen MR) is 104 cm³/mol. The minimum Gasteiger partial charge on any atom is -0.461 e. The number of ether oxygens (including phenoxy) is 1. The van der Waals surface area contributed by atoms with E-state index < -0.39 is 6.86 Å². The van der Waals surface area contributed by atoms with Crippen molar-refractivity contribution in [2.75, 3.05) is 12.2 Å². The topological polar surface area (TPSA) is 93.6 Å². The van der Waals surface area contributed by atoms with E-state index in [2.05, 4.69) is 12.2 Å². The highest BCUT2D eigenvalue weighted by atomic mass is 19.1. The van der Waals surface area contributed by atoms with Crippen molar-refractivity contribution in [1.29, 1.82) is 0 Å². The van der Waals surface area contributed by atoms with E-state index in [0.717, 1.165) is 36.6 Å². The Balaban J connectivity index is 1.74. The van der Waals surface area contributed by atoms with Crippen LogP contribution in [-0.2, 0) is 4.74 Å². The number of nitrogens with one attached hydrogen (secondary N) is 1. The van der Waals surface area contributed by atoms with Crippen molar-refractivity contribution in [2.45, 2.75) is 45.2 Å². The molecule has 0 radical (unpaired) electrons. The van der Waals surface area contributed by atoms with E-state index in [9.17, 15) is 9.18 Å². The number of allylic oxidation sites excluding steroid dienone is 1. The molecule has 27 heavy (non-hydrogen) atoms. The highest BCUT2D eigenvalue weighted by Gasteiger charge is 2.46. The normalized spacial score (nSPS) is 25.0. The monoisotopic (exact) mass is 374 g/mol. The van der Waals surface area contributed by atoms with Gasteiger partial charge in [-0.05, 0) is 49.8 Å². The fourth-order valence-electron chi connectivity index (χ4n) is 4.11. The molecular weight excluding hydrogens is 347 g/mol. The van der Waals surface area contributed by atoms with Crippen LogP contribution >= 0.6 is 0 Å². The van der Waals surface area contributed by atoms with Crippen LogP contribution in [0.2, 0.25) is 0 Å². The van der Waals surface area contributed by atoms with Crippen LogP contribution in [0.5, 0.6) is 0 Å². The Labute approximate surface area is 159 Å². The summed E-state index contributed by atoms with van der Waals surface area (Å²) in [6, 6.07) is 6.17.